The highest BCUT2D eigenvalue weighted by Gasteiger charge is 2.17. The summed E-state index contributed by atoms with van der Waals surface area (Å²) in [5.41, 5.74) is 1.38. The van der Waals surface area contributed by atoms with Crippen LogP contribution in [0.5, 0.6) is 0 Å². The van der Waals surface area contributed by atoms with Crippen molar-refractivity contribution in [3.8, 4) is 0 Å². The highest BCUT2D eigenvalue weighted by molar-refractivity contribution is 9.10. The average Bonchev–Trinajstić information content (AvgIpc) is 2.76. The predicted molar refractivity (Wildman–Crippen MR) is 76.1 cm³/mol. The van der Waals surface area contributed by atoms with Gasteiger partial charge in [-0.05, 0) is 30.7 Å². The number of hydrogen-bond acceptors (Lipinski definition) is 3. The number of sulfonamides is 1. The fraction of sp³-hybridized carbons (Fsp3) is 0.250. The Morgan fingerprint density at radius 2 is 2.11 bits per heavy atom. The second-order valence-electron chi connectivity index (χ2n) is 4.22. The molecule has 0 amide bonds. The first-order valence-corrected chi connectivity index (χ1v) is 7.90. The van der Waals surface area contributed by atoms with Gasteiger partial charge < -0.3 is 0 Å². The number of aromatic nitrogens is 2. The van der Waals surface area contributed by atoms with Crippen molar-refractivity contribution in [2.45, 2.75) is 18.4 Å². The summed E-state index contributed by atoms with van der Waals surface area (Å²) in [5.74, 6) is 0. The summed E-state index contributed by atoms with van der Waals surface area (Å²) in [6.07, 6.45) is 1.77. The molecule has 0 bridgehead atoms. The SMILES string of the molecule is Cc1ccc(Br)cc1S(=O)(=O)NCc1ccn(C)n1. The minimum atomic E-state index is -3.53. The van der Waals surface area contributed by atoms with Crippen molar-refractivity contribution in [2.24, 2.45) is 7.05 Å². The summed E-state index contributed by atoms with van der Waals surface area (Å²) >= 11 is 3.28. The van der Waals surface area contributed by atoms with Crippen LogP contribution >= 0.6 is 15.9 Å². The average molecular weight is 344 g/mol. The van der Waals surface area contributed by atoms with Gasteiger partial charge in [0.2, 0.25) is 10.0 Å². The van der Waals surface area contributed by atoms with Crippen LogP contribution in [0.3, 0.4) is 0 Å². The first-order chi connectivity index (χ1) is 8.88. The fourth-order valence-electron chi connectivity index (χ4n) is 1.67. The van der Waals surface area contributed by atoms with Crippen molar-refractivity contribution in [1.29, 1.82) is 0 Å². The summed E-state index contributed by atoms with van der Waals surface area (Å²) < 4.78 is 29.4. The lowest BCUT2D eigenvalue weighted by Gasteiger charge is -2.08. The zero-order chi connectivity index (χ0) is 14.0. The number of benzene rings is 1. The van der Waals surface area contributed by atoms with E-state index < -0.39 is 10.0 Å². The Morgan fingerprint density at radius 1 is 1.37 bits per heavy atom. The molecule has 1 heterocycles. The zero-order valence-electron chi connectivity index (χ0n) is 10.6. The van der Waals surface area contributed by atoms with E-state index >= 15 is 0 Å². The lowest BCUT2D eigenvalue weighted by atomic mass is 10.2. The standard InChI is InChI=1S/C12H14BrN3O2S/c1-9-3-4-10(13)7-12(9)19(17,18)14-8-11-5-6-16(2)15-11/h3-7,14H,8H2,1-2H3. The van der Waals surface area contributed by atoms with Crippen LogP contribution in [-0.4, -0.2) is 18.2 Å². The van der Waals surface area contributed by atoms with Crippen LogP contribution in [0.1, 0.15) is 11.3 Å². The van der Waals surface area contributed by atoms with E-state index in [9.17, 15) is 8.42 Å². The van der Waals surface area contributed by atoms with Crippen LogP contribution in [-0.2, 0) is 23.6 Å². The molecule has 0 atom stereocenters. The summed E-state index contributed by atoms with van der Waals surface area (Å²) in [7, 11) is -1.74. The fourth-order valence-corrected chi connectivity index (χ4v) is 3.45. The molecule has 1 aromatic carbocycles. The molecule has 0 aliphatic carbocycles. The van der Waals surface area contributed by atoms with Crippen LogP contribution in [0.15, 0.2) is 39.8 Å². The smallest absolute Gasteiger partial charge is 0.241 e. The molecule has 2 rings (SSSR count). The lowest BCUT2D eigenvalue weighted by Crippen LogP contribution is -2.24. The van der Waals surface area contributed by atoms with Crippen LogP contribution in [0.2, 0.25) is 0 Å². The largest absolute Gasteiger partial charge is 0.276 e. The normalized spacial score (nSPS) is 11.7. The van der Waals surface area contributed by atoms with Gasteiger partial charge in [0.05, 0.1) is 17.1 Å². The van der Waals surface area contributed by atoms with E-state index in [0.29, 0.717) is 11.3 Å². The molecular weight excluding hydrogens is 330 g/mol. The monoisotopic (exact) mass is 343 g/mol. The van der Waals surface area contributed by atoms with E-state index in [4.69, 9.17) is 0 Å². The Bertz CT molecular complexity index is 695. The molecule has 0 fully saturated rings. The van der Waals surface area contributed by atoms with Crippen LogP contribution < -0.4 is 4.72 Å². The quantitative estimate of drug-likeness (QED) is 0.922. The van der Waals surface area contributed by atoms with E-state index in [1.165, 1.54) is 0 Å². The molecule has 2 aromatic rings. The molecule has 0 spiro atoms. The maximum absolute atomic E-state index is 12.2. The Labute approximate surface area is 120 Å². The molecule has 5 nitrogen and oxygen atoms in total. The van der Waals surface area contributed by atoms with Crippen molar-refractivity contribution in [2.75, 3.05) is 0 Å². The molecule has 19 heavy (non-hydrogen) atoms. The third kappa shape index (κ3) is 3.43. The Kier molecular flexibility index (Phi) is 4.07. The Morgan fingerprint density at radius 3 is 2.74 bits per heavy atom. The first-order valence-electron chi connectivity index (χ1n) is 5.63. The molecule has 0 saturated carbocycles. The summed E-state index contributed by atoms with van der Waals surface area (Å²) in [6.45, 7) is 1.94. The molecule has 0 aliphatic heterocycles. The lowest BCUT2D eigenvalue weighted by molar-refractivity contribution is 0.579. The molecule has 0 radical (unpaired) electrons. The van der Waals surface area contributed by atoms with Gasteiger partial charge in [-0.15, -0.1) is 0 Å². The number of aryl methyl sites for hydroxylation is 2. The van der Waals surface area contributed by atoms with Gasteiger partial charge >= 0.3 is 0 Å². The molecule has 1 aromatic heterocycles. The second kappa shape index (κ2) is 5.44. The highest BCUT2D eigenvalue weighted by Crippen LogP contribution is 2.20. The predicted octanol–water partition coefficient (Wildman–Crippen LogP) is 1.97. The number of nitrogens with one attached hydrogen (secondary N) is 1. The molecule has 0 saturated heterocycles. The third-order valence-corrected chi connectivity index (χ3v) is 4.69. The van der Waals surface area contributed by atoms with Gasteiger partial charge in [-0.25, -0.2) is 13.1 Å². The maximum Gasteiger partial charge on any atom is 0.241 e. The molecule has 1 N–H and O–H groups in total. The highest BCUT2D eigenvalue weighted by atomic mass is 79.9. The van der Waals surface area contributed by atoms with Crippen molar-refractivity contribution < 1.29 is 8.42 Å². The van der Waals surface area contributed by atoms with Gasteiger partial charge in [0, 0.05) is 17.7 Å². The minimum Gasteiger partial charge on any atom is -0.276 e. The Balaban J connectivity index is 2.20. The number of hydrogen-bond donors (Lipinski definition) is 1. The van der Waals surface area contributed by atoms with E-state index in [1.54, 1.807) is 43.0 Å². The van der Waals surface area contributed by atoms with Crippen molar-refractivity contribution in [3.63, 3.8) is 0 Å². The molecule has 0 aliphatic rings. The summed E-state index contributed by atoms with van der Waals surface area (Å²) in [5, 5.41) is 4.13. The van der Waals surface area contributed by atoms with Gasteiger partial charge in [-0.3, -0.25) is 4.68 Å². The zero-order valence-corrected chi connectivity index (χ0v) is 13.0. The van der Waals surface area contributed by atoms with Crippen LogP contribution in [0.25, 0.3) is 0 Å². The van der Waals surface area contributed by atoms with Gasteiger partial charge in [-0.2, -0.15) is 5.10 Å². The number of nitrogens with zero attached hydrogens (tertiary/aromatic N) is 2. The second-order valence-corrected chi connectivity index (χ2v) is 6.87. The summed E-state index contributed by atoms with van der Waals surface area (Å²) in [4.78, 5) is 0.276. The van der Waals surface area contributed by atoms with Crippen molar-refractivity contribution in [3.05, 3.63) is 46.2 Å². The van der Waals surface area contributed by atoms with E-state index in [1.807, 2.05) is 6.07 Å². The molecule has 102 valence electrons. The third-order valence-electron chi connectivity index (χ3n) is 2.65. The number of rotatable bonds is 4. The van der Waals surface area contributed by atoms with E-state index in [2.05, 4.69) is 25.8 Å². The maximum atomic E-state index is 12.2. The summed E-state index contributed by atoms with van der Waals surface area (Å²) in [6, 6.07) is 6.94. The molecule has 7 heteroatoms. The van der Waals surface area contributed by atoms with E-state index in [0.717, 1.165) is 4.47 Å². The van der Waals surface area contributed by atoms with Crippen molar-refractivity contribution >= 4 is 26.0 Å². The van der Waals surface area contributed by atoms with Gasteiger partial charge in [-0.1, -0.05) is 22.0 Å². The molecular formula is C12H14BrN3O2S. The van der Waals surface area contributed by atoms with Gasteiger partial charge in [0.15, 0.2) is 0 Å². The van der Waals surface area contributed by atoms with Crippen molar-refractivity contribution in [1.82, 2.24) is 14.5 Å². The Hall–Kier alpha value is -1.18. The van der Waals surface area contributed by atoms with Gasteiger partial charge in [0.1, 0.15) is 0 Å². The van der Waals surface area contributed by atoms with Crippen LogP contribution in [0.4, 0.5) is 0 Å². The first kappa shape index (κ1) is 14.2. The van der Waals surface area contributed by atoms with Gasteiger partial charge in [0.25, 0.3) is 0 Å². The number of halogens is 1. The minimum absolute atomic E-state index is 0.176. The topological polar surface area (TPSA) is 64.0 Å². The molecule has 0 unspecified atom stereocenters. The van der Waals surface area contributed by atoms with Crippen LogP contribution in [0, 0.1) is 6.92 Å². The van der Waals surface area contributed by atoms with E-state index in [-0.39, 0.29) is 11.4 Å².